The molecule has 0 saturated carbocycles. The molecule has 1 saturated heterocycles. The quantitative estimate of drug-likeness (QED) is 0.0537. The number of aryl methyl sites for hydroxylation is 1. The summed E-state index contributed by atoms with van der Waals surface area (Å²) >= 11 is 0. The number of carbonyl (C=O) groups is 2. The molecule has 1 aromatic carbocycles. The average Bonchev–Trinajstić information content (AvgIpc) is 3.60. The predicted octanol–water partition coefficient (Wildman–Crippen LogP) is 8.74. The Balaban J connectivity index is -0.000000891. The standard InChI is InChI=1S/C26H36N2O2.C7H15NO.C5H11N.C2H7N.C2H4/c1-8-21-11-10-12-22(25(21)28(7)24(27)9-2)14-13-19(3)15-23(26(4,5)6)16-20(17-29)18-30;1-3-5-8(7-9)6-4-2;1-5-3-2-4-6-5;1-3-2;1-2/h9-18,29H,8,27H2,1-7H3;7H,3-6H2,1-2H3;5-6H,2-4H2,1H3;3H,1-2H3;1-2H2/b14-13+,19-15+,20-17-,23-16+,24-9+;;;;. The SMILES string of the molecule is C/C=C(\N)N(C)c1c(/C=C/C(C)=C/C(=C\C(C=O)=C\O)C(C)(C)C)cccc1CC.C=C.CC1CCCN1.CCCN(C=O)CCC.CNC. The third-order valence-corrected chi connectivity index (χ3v) is 7.41. The molecule has 284 valence electrons. The normalized spacial score (nSPS) is 14.8. The molecular formula is C42H73N5O3. The summed E-state index contributed by atoms with van der Waals surface area (Å²) in [5, 5.41) is 15.3. The third-order valence-electron chi connectivity index (χ3n) is 7.41. The molecule has 5 N–H and O–H groups in total. The molecular weight excluding hydrogens is 622 g/mol. The van der Waals surface area contributed by atoms with Crippen LogP contribution in [0.5, 0.6) is 0 Å². The van der Waals surface area contributed by atoms with Crippen LogP contribution in [0.1, 0.15) is 99.1 Å². The van der Waals surface area contributed by atoms with E-state index in [1.54, 1.807) is 11.0 Å². The minimum Gasteiger partial charge on any atom is -0.515 e. The highest BCUT2D eigenvalue weighted by Gasteiger charge is 2.16. The summed E-state index contributed by atoms with van der Waals surface area (Å²) in [6, 6.07) is 7.06. The summed E-state index contributed by atoms with van der Waals surface area (Å²) in [4.78, 5) is 25.1. The highest BCUT2D eigenvalue weighted by molar-refractivity contribution is 5.78. The van der Waals surface area contributed by atoms with E-state index in [2.05, 4.69) is 103 Å². The van der Waals surface area contributed by atoms with Crippen LogP contribution >= 0.6 is 0 Å². The molecule has 8 heteroatoms. The Morgan fingerprint density at radius 1 is 1.10 bits per heavy atom. The molecule has 1 heterocycles. The Hall–Kier alpha value is -3.88. The lowest BCUT2D eigenvalue weighted by Crippen LogP contribution is -2.24. The summed E-state index contributed by atoms with van der Waals surface area (Å²) in [6.45, 7) is 27.7. The highest BCUT2D eigenvalue weighted by atomic mass is 16.2. The Kier molecular flexibility index (Phi) is 31.4. The van der Waals surface area contributed by atoms with E-state index in [0.717, 1.165) is 73.5 Å². The number of aliphatic hydroxyl groups is 1. The van der Waals surface area contributed by atoms with E-state index in [-0.39, 0.29) is 11.0 Å². The van der Waals surface area contributed by atoms with Crippen molar-refractivity contribution >= 4 is 24.5 Å². The Bertz CT molecular complexity index is 1200. The van der Waals surface area contributed by atoms with Gasteiger partial charge in [-0.05, 0) is 108 Å². The van der Waals surface area contributed by atoms with E-state index in [1.165, 1.54) is 24.9 Å². The van der Waals surface area contributed by atoms with Crippen LogP contribution in [0.3, 0.4) is 0 Å². The van der Waals surface area contributed by atoms with Gasteiger partial charge in [0.05, 0.1) is 17.8 Å². The number of nitrogens with two attached hydrogens (primary N) is 1. The lowest BCUT2D eigenvalue weighted by Gasteiger charge is -2.24. The van der Waals surface area contributed by atoms with Gasteiger partial charge in [0.2, 0.25) is 6.41 Å². The van der Waals surface area contributed by atoms with Crippen molar-refractivity contribution in [3.8, 4) is 0 Å². The van der Waals surface area contributed by atoms with Crippen molar-refractivity contribution in [1.82, 2.24) is 15.5 Å². The van der Waals surface area contributed by atoms with Crippen molar-refractivity contribution in [1.29, 1.82) is 0 Å². The lowest BCUT2D eigenvalue weighted by atomic mass is 9.84. The first kappa shape index (κ1) is 50.5. The molecule has 0 bridgehead atoms. The monoisotopic (exact) mass is 696 g/mol. The molecule has 1 aromatic rings. The zero-order valence-electron chi connectivity index (χ0n) is 33.7. The first-order valence-corrected chi connectivity index (χ1v) is 17.9. The lowest BCUT2D eigenvalue weighted by molar-refractivity contribution is -0.118. The maximum atomic E-state index is 11.1. The topological polar surface area (TPSA) is 111 Å². The summed E-state index contributed by atoms with van der Waals surface area (Å²) in [6.07, 6.45) is 18.0. The van der Waals surface area contributed by atoms with Crippen molar-refractivity contribution < 1.29 is 14.7 Å². The van der Waals surface area contributed by atoms with Crippen molar-refractivity contribution in [2.24, 2.45) is 11.1 Å². The van der Waals surface area contributed by atoms with Crippen molar-refractivity contribution in [3.05, 3.63) is 95.6 Å². The summed E-state index contributed by atoms with van der Waals surface area (Å²) in [5.41, 5.74) is 11.6. The van der Waals surface area contributed by atoms with Crippen LogP contribution in [0.2, 0.25) is 0 Å². The minimum absolute atomic E-state index is 0.180. The third kappa shape index (κ3) is 22.7. The number of aliphatic hydroxyl groups excluding tert-OH is 1. The van der Waals surface area contributed by atoms with Gasteiger partial charge in [-0.1, -0.05) is 83.5 Å². The molecule has 0 radical (unpaired) electrons. The molecule has 50 heavy (non-hydrogen) atoms. The number of amides is 1. The number of aldehydes is 1. The fourth-order valence-electron chi connectivity index (χ4n) is 4.68. The zero-order chi connectivity index (χ0) is 39.1. The smallest absolute Gasteiger partial charge is 0.209 e. The van der Waals surface area contributed by atoms with Crippen LogP contribution < -0.4 is 21.3 Å². The van der Waals surface area contributed by atoms with E-state index < -0.39 is 0 Å². The summed E-state index contributed by atoms with van der Waals surface area (Å²) in [5.74, 6) is 0.702. The van der Waals surface area contributed by atoms with Crippen LogP contribution in [0, 0.1) is 5.41 Å². The van der Waals surface area contributed by atoms with Crippen molar-refractivity contribution in [3.63, 3.8) is 0 Å². The van der Waals surface area contributed by atoms with Crippen LogP contribution in [0.25, 0.3) is 6.08 Å². The van der Waals surface area contributed by atoms with Gasteiger partial charge in [-0.2, -0.15) is 0 Å². The van der Waals surface area contributed by atoms with E-state index in [1.807, 2.05) is 52.0 Å². The second-order valence-electron chi connectivity index (χ2n) is 12.9. The Labute approximate surface area is 307 Å². The van der Waals surface area contributed by atoms with Crippen LogP contribution in [-0.2, 0) is 16.0 Å². The van der Waals surface area contributed by atoms with E-state index in [4.69, 9.17) is 5.73 Å². The average molecular weight is 696 g/mol. The number of hydrogen-bond donors (Lipinski definition) is 4. The first-order chi connectivity index (χ1) is 23.7. The minimum atomic E-state index is -0.180. The number of para-hydroxylation sites is 1. The maximum absolute atomic E-state index is 11.1. The number of nitrogens with one attached hydrogen (secondary N) is 2. The fourth-order valence-corrected chi connectivity index (χ4v) is 4.68. The largest absolute Gasteiger partial charge is 0.515 e. The summed E-state index contributed by atoms with van der Waals surface area (Å²) in [7, 11) is 5.73. The summed E-state index contributed by atoms with van der Waals surface area (Å²) < 4.78 is 0. The van der Waals surface area contributed by atoms with Gasteiger partial charge in [0.1, 0.15) is 0 Å². The van der Waals surface area contributed by atoms with Gasteiger partial charge in [-0.3, -0.25) is 9.59 Å². The van der Waals surface area contributed by atoms with Gasteiger partial charge in [-0.25, -0.2) is 0 Å². The molecule has 2 rings (SSSR count). The van der Waals surface area contributed by atoms with Crippen molar-refractivity contribution in [2.75, 3.05) is 45.7 Å². The molecule has 1 aliphatic heterocycles. The predicted molar refractivity (Wildman–Crippen MR) is 220 cm³/mol. The number of carbonyl (C=O) groups excluding carboxylic acids is 2. The van der Waals surface area contributed by atoms with Crippen LogP contribution in [-0.4, -0.2) is 69.5 Å². The zero-order valence-corrected chi connectivity index (χ0v) is 33.7. The van der Waals surface area contributed by atoms with Gasteiger partial charge in [0, 0.05) is 31.8 Å². The number of rotatable bonds is 13. The van der Waals surface area contributed by atoms with E-state index >= 15 is 0 Å². The Morgan fingerprint density at radius 3 is 2.04 bits per heavy atom. The van der Waals surface area contributed by atoms with Crippen LogP contribution in [0.15, 0.2) is 84.5 Å². The number of benzene rings is 1. The number of nitrogens with zero attached hydrogens (tertiary/aromatic N) is 2. The molecule has 1 fully saturated rings. The molecule has 1 aliphatic rings. The molecule has 0 spiro atoms. The van der Waals surface area contributed by atoms with Gasteiger partial charge < -0.3 is 31.3 Å². The second kappa shape index (κ2) is 31.1. The number of allylic oxidation sites excluding steroid dienone is 7. The highest BCUT2D eigenvalue weighted by Crippen LogP contribution is 2.30. The van der Waals surface area contributed by atoms with Gasteiger partial charge in [0.25, 0.3) is 0 Å². The van der Waals surface area contributed by atoms with Crippen LogP contribution in [0.4, 0.5) is 5.69 Å². The molecule has 1 unspecified atom stereocenters. The van der Waals surface area contributed by atoms with Gasteiger partial charge in [-0.15, -0.1) is 13.2 Å². The fraction of sp³-hybridized carbons (Fsp3) is 0.524. The van der Waals surface area contributed by atoms with Gasteiger partial charge >= 0.3 is 0 Å². The molecule has 1 atom stereocenters. The van der Waals surface area contributed by atoms with Crippen molar-refractivity contribution in [2.45, 2.75) is 100 Å². The number of anilines is 1. The van der Waals surface area contributed by atoms with E-state index in [0.29, 0.717) is 12.1 Å². The molecule has 1 amide bonds. The maximum Gasteiger partial charge on any atom is 0.209 e. The molecule has 0 aliphatic carbocycles. The second-order valence-corrected chi connectivity index (χ2v) is 12.9. The van der Waals surface area contributed by atoms with Gasteiger partial charge in [0.15, 0.2) is 6.29 Å². The number of hydrogen-bond acceptors (Lipinski definition) is 7. The first-order valence-electron chi connectivity index (χ1n) is 17.9. The Morgan fingerprint density at radius 2 is 1.68 bits per heavy atom. The molecule has 0 aromatic heterocycles. The molecule has 8 nitrogen and oxygen atoms in total. The van der Waals surface area contributed by atoms with E-state index in [9.17, 15) is 14.7 Å².